The van der Waals surface area contributed by atoms with Crippen molar-refractivity contribution in [3.63, 3.8) is 0 Å². The monoisotopic (exact) mass is 266 g/mol. The lowest BCUT2D eigenvalue weighted by Gasteiger charge is -2.18. The zero-order valence-electron chi connectivity index (χ0n) is 10.8. The Kier molecular flexibility index (Phi) is 3.80. The number of hydrogen-bond donors (Lipinski definition) is 1. The summed E-state index contributed by atoms with van der Waals surface area (Å²) in [4.78, 5) is 8.09. The SMILES string of the molecule is c1ccc(C(NCc2ncon2)c2ccncc2)cc1. The van der Waals surface area contributed by atoms with Crippen LogP contribution in [0.25, 0.3) is 0 Å². The molecule has 100 valence electrons. The van der Waals surface area contributed by atoms with Gasteiger partial charge in [0.15, 0.2) is 5.82 Å². The molecule has 5 nitrogen and oxygen atoms in total. The van der Waals surface area contributed by atoms with E-state index in [1.807, 2.05) is 30.3 Å². The van der Waals surface area contributed by atoms with Crippen molar-refractivity contribution in [3.05, 3.63) is 78.2 Å². The van der Waals surface area contributed by atoms with Crippen LogP contribution in [0.1, 0.15) is 23.0 Å². The maximum Gasteiger partial charge on any atom is 0.213 e. The molecule has 1 atom stereocenters. The Hall–Kier alpha value is -2.53. The lowest BCUT2D eigenvalue weighted by molar-refractivity contribution is 0.406. The van der Waals surface area contributed by atoms with Gasteiger partial charge in [0.25, 0.3) is 0 Å². The second-order valence-electron chi connectivity index (χ2n) is 4.35. The Balaban J connectivity index is 1.84. The molecule has 1 aromatic carbocycles. The number of aromatic nitrogens is 3. The van der Waals surface area contributed by atoms with Gasteiger partial charge >= 0.3 is 0 Å². The number of benzene rings is 1. The minimum Gasteiger partial charge on any atom is -0.343 e. The summed E-state index contributed by atoms with van der Waals surface area (Å²) < 4.78 is 4.75. The zero-order chi connectivity index (χ0) is 13.6. The smallest absolute Gasteiger partial charge is 0.213 e. The van der Waals surface area contributed by atoms with Gasteiger partial charge in [-0.2, -0.15) is 4.98 Å². The van der Waals surface area contributed by atoms with Gasteiger partial charge in [0, 0.05) is 12.4 Å². The van der Waals surface area contributed by atoms with E-state index in [9.17, 15) is 0 Å². The highest BCUT2D eigenvalue weighted by Gasteiger charge is 2.14. The molecule has 0 radical (unpaired) electrons. The van der Waals surface area contributed by atoms with E-state index in [4.69, 9.17) is 4.52 Å². The van der Waals surface area contributed by atoms with E-state index in [-0.39, 0.29) is 6.04 Å². The molecule has 1 N–H and O–H groups in total. The molecule has 5 heteroatoms. The zero-order valence-corrected chi connectivity index (χ0v) is 10.8. The summed E-state index contributed by atoms with van der Waals surface area (Å²) in [6.45, 7) is 0.540. The normalized spacial score (nSPS) is 12.2. The summed E-state index contributed by atoms with van der Waals surface area (Å²) in [6, 6.07) is 14.3. The third kappa shape index (κ3) is 2.89. The number of nitrogens with zero attached hydrogens (tertiary/aromatic N) is 3. The molecule has 0 aliphatic heterocycles. The summed E-state index contributed by atoms with van der Waals surface area (Å²) in [5.74, 6) is 0.639. The van der Waals surface area contributed by atoms with Crippen LogP contribution in [0, 0.1) is 0 Å². The van der Waals surface area contributed by atoms with Crippen LogP contribution in [0.2, 0.25) is 0 Å². The fraction of sp³-hybridized carbons (Fsp3) is 0.133. The molecule has 0 aliphatic carbocycles. The average Bonchev–Trinajstić information content (AvgIpc) is 3.03. The van der Waals surface area contributed by atoms with Crippen molar-refractivity contribution in [1.29, 1.82) is 0 Å². The van der Waals surface area contributed by atoms with Gasteiger partial charge in [0.1, 0.15) is 0 Å². The molecular formula is C15H14N4O. The van der Waals surface area contributed by atoms with E-state index in [0.717, 1.165) is 5.56 Å². The summed E-state index contributed by atoms with van der Waals surface area (Å²) in [5.41, 5.74) is 2.33. The van der Waals surface area contributed by atoms with Gasteiger partial charge < -0.3 is 4.52 Å². The van der Waals surface area contributed by atoms with Crippen LogP contribution >= 0.6 is 0 Å². The molecule has 3 aromatic rings. The fourth-order valence-corrected chi connectivity index (χ4v) is 2.09. The standard InChI is InChI=1S/C15H14N4O/c1-2-4-12(5-3-1)15(13-6-8-16-9-7-13)17-10-14-18-11-20-19-14/h1-9,11,15,17H,10H2. The second-order valence-corrected chi connectivity index (χ2v) is 4.35. The minimum atomic E-state index is 0.0673. The van der Waals surface area contributed by atoms with Crippen molar-refractivity contribution >= 4 is 0 Å². The van der Waals surface area contributed by atoms with Gasteiger partial charge in [0.05, 0.1) is 12.6 Å². The van der Waals surface area contributed by atoms with Crippen molar-refractivity contribution < 1.29 is 4.52 Å². The maximum atomic E-state index is 4.75. The summed E-state index contributed by atoms with van der Waals surface area (Å²) >= 11 is 0. The highest BCUT2D eigenvalue weighted by Crippen LogP contribution is 2.21. The molecule has 2 aromatic heterocycles. The lowest BCUT2D eigenvalue weighted by Crippen LogP contribution is -2.22. The molecule has 20 heavy (non-hydrogen) atoms. The van der Waals surface area contributed by atoms with Gasteiger partial charge in [-0.25, -0.2) is 0 Å². The Morgan fingerprint density at radius 3 is 2.45 bits per heavy atom. The van der Waals surface area contributed by atoms with Gasteiger partial charge in [-0.1, -0.05) is 35.5 Å². The molecule has 0 saturated heterocycles. The van der Waals surface area contributed by atoms with Crippen LogP contribution in [0.4, 0.5) is 0 Å². The van der Waals surface area contributed by atoms with Crippen molar-refractivity contribution in [1.82, 2.24) is 20.4 Å². The minimum absolute atomic E-state index is 0.0673. The maximum absolute atomic E-state index is 4.75. The van der Waals surface area contributed by atoms with Crippen LogP contribution in [0.3, 0.4) is 0 Å². The summed E-state index contributed by atoms with van der Waals surface area (Å²) in [5, 5.41) is 7.26. The fourth-order valence-electron chi connectivity index (χ4n) is 2.09. The Labute approximate surface area is 116 Å². The predicted molar refractivity (Wildman–Crippen MR) is 73.7 cm³/mol. The molecule has 0 aliphatic rings. The van der Waals surface area contributed by atoms with Crippen LogP contribution in [0.5, 0.6) is 0 Å². The third-order valence-corrected chi connectivity index (χ3v) is 3.04. The Morgan fingerprint density at radius 1 is 1.00 bits per heavy atom. The predicted octanol–water partition coefficient (Wildman–Crippen LogP) is 2.34. The molecule has 3 rings (SSSR count). The molecule has 0 bridgehead atoms. The molecule has 1 unspecified atom stereocenters. The van der Waals surface area contributed by atoms with E-state index in [0.29, 0.717) is 12.4 Å². The van der Waals surface area contributed by atoms with E-state index < -0.39 is 0 Å². The molecule has 0 amide bonds. The van der Waals surface area contributed by atoms with Crippen LogP contribution in [-0.2, 0) is 6.54 Å². The highest BCUT2D eigenvalue weighted by molar-refractivity contribution is 5.30. The molecular weight excluding hydrogens is 252 g/mol. The number of hydrogen-bond acceptors (Lipinski definition) is 5. The number of rotatable bonds is 5. The van der Waals surface area contributed by atoms with E-state index in [2.05, 4.69) is 32.6 Å². The van der Waals surface area contributed by atoms with Crippen molar-refractivity contribution in [2.75, 3.05) is 0 Å². The Bertz CT molecular complexity index is 586. The first-order valence-corrected chi connectivity index (χ1v) is 6.37. The van der Waals surface area contributed by atoms with Gasteiger partial charge in [-0.15, -0.1) is 0 Å². The lowest BCUT2D eigenvalue weighted by atomic mass is 10.00. The molecule has 0 spiro atoms. The second kappa shape index (κ2) is 6.08. The molecule has 0 fully saturated rings. The molecule has 0 saturated carbocycles. The van der Waals surface area contributed by atoms with Crippen molar-refractivity contribution in [3.8, 4) is 0 Å². The Morgan fingerprint density at radius 2 is 1.75 bits per heavy atom. The first kappa shape index (κ1) is 12.5. The van der Waals surface area contributed by atoms with E-state index in [1.54, 1.807) is 12.4 Å². The summed E-state index contributed by atoms with van der Waals surface area (Å²) in [6.07, 6.45) is 4.92. The van der Waals surface area contributed by atoms with Crippen LogP contribution in [0.15, 0.2) is 65.8 Å². The van der Waals surface area contributed by atoms with Gasteiger partial charge in [-0.3, -0.25) is 10.3 Å². The van der Waals surface area contributed by atoms with Crippen LogP contribution in [-0.4, -0.2) is 15.1 Å². The van der Waals surface area contributed by atoms with Gasteiger partial charge in [0.2, 0.25) is 6.39 Å². The number of pyridine rings is 1. The molecule has 2 heterocycles. The van der Waals surface area contributed by atoms with Gasteiger partial charge in [-0.05, 0) is 23.3 Å². The largest absolute Gasteiger partial charge is 0.343 e. The third-order valence-electron chi connectivity index (χ3n) is 3.04. The first-order valence-electron chi connectivity index (χ1n) is 6.37. The first-order chi connectivity index (χ1) is 9.93. The quantitative estimate of drug-likeness (QED) is 0.768. The van der Waals surface area contributed by atoms with E-state index in [1.165, 1.54) is 12.0 Å². The average molecular weight is 266 g/mol. The topological polar surface area (TPSA) is 63.8 Å². The highest BCUT2D eigenvalue weighted by atomic mass is 16.5. The summed E-state index contributed by atoms with van der Waals surface area (Å²) in [7, 11) is 0. The van der Waals surface area contributed by atoms with Crippen molar-refractivity contribution in [2.24, 2.45) is 0 Å². The van der Waals surface area contributed by atoms with Crippen molar-refractivity contribution in [2.45, 2.75) is 12.6 Å². The van der Waals surface area contributed by atoms with Crippen LogP contribution < -0.4 is 5.32 Å². The van der Waals surface area contributed by atoms with E-state index >= 15 is 0 Å². The number of nitrogens with one attached hydrogen (secondary N) is 1.